The van der Waals surface area contributed by atoms with Crippen molar-refractivity contribution in [2.75, 3.05) is 19.7 Å². The molecule has 1 heterocycles. The van der Waals surface area contributed by atoms with Crippen LogP contribution in [0.4, 0.5) is 4.39 Å². The third-order valence-corrected chi connectivity index (χ3v) is 4.15. The minimum absolute atomic E-state index is 0.0304. The van der Waals surface area contributed by atoms with Gasteiger partial charge in [-0.05, 0) is 36.1 Å². The highest BCUT2D eigenvalue weighted by atomic mass is 19.1. The van der Waals surface area contributed by atoms with Crippen molar-refractivity contribution in [3.8, 4) is 0 Å². The SMILES string of the molecule is CC(C)(C)C1OCCC1CNC(=O)CNC(=O)c1ccc(F)cc1. The first-order valence-electron chi connectivity index (χ1n) is 8.19. The van der Waals surface area contributed by atoms with E-state index in [0.717, 1.165) is 6.42 Å². The highest BCUT2D eigenvalue weighted by Crippen LogP contribution is 2.34. The number of halogens is 1. The molecule has 1 saturated heterocycles. The van der Waals surface area contributed by atoms with Crippen LogP contribution >= 0.6 is 0 Å². The second kappa shape index (κ2) is 7.75. The maximum atomic E-state index is 12.8. The average molecular weight is 336 g/mol. The van der Waals surface area contributed by atoms with E-state index in [1.54, 1.807) is 0 Å². The molecule has 0 aromatic heterocycles. The summed E-state index contributed by atoms with van der Waals surface area (Å²) in [4.78, 5) is 23.8. The summed E-state index contributed by atoms with van der Waals surface area (Å²) in [6.45, 7) is 7.52. The molecule has 1 aromatic carbocycles. The van der Waals surface area contributed by atoms with Gasteiger partial charge in [0.25, 0.3) is 5.91 Å². The quantitative estimate of drug-likeness (QED) is 0.865. The van der Waals surface area contributed by atoms with Crippen molar-refractivity contribution in [1.29, 1.82) is 0 Å². The lowest BCUT2D eigenvalue weighted by atomic mass is 9.81. The largest absolute Gasteiger partial charge is 0.377 e. The van der Waals surface area contributed by atoms with E-state index in [1.165, 1.54) is 24.3 Å². The number of carbonyl (C=O) groups excluding carboxylic acids is 2. The predicted octanol–water partition coefficient (Wildman–Crippen LogP) is 2.12. The second-order valence-electron chi connectivity index (χ2n) is 7.20. The topological polar surface area (TPSA) is 67.4 Å². The van der Waals surface area contributed by atoms with Gasteiger partial charge in [0.1, 0.15) is 5.82 Å². The van der Waals surface area contributed by atoms with Gasteiger partial charge in [-0.3, -0.25) is 9.59 Å². The summed E-state index contributed by atoms with van der Waals surface area (Å²) in [5, 5.41) is 5.38. The fourth-order valence-corrected chi connectivity index (χ4v) is 2.97. The van der Waals surface area contributed by atoms with Crippen molar-refractivity contribution >= 4 is 11.8 Å². The number of amides is 2. The van der Waals surface area contributed by atoms with Crippen molar-refractivity contribution in [3.05, 3.63) is 35.6 Å². The van der Waals surface area contributed by atoms with Crippen LogP contribution in [-0.4, -0.2) is 37.6 Å². The molecule has 1 aliphatic rings. The number of hydrogen-bond acceptors (Lipinski definition) is 3. The van der Waals surface area contributed by atoms with Crippen LogP contribution < -0.4 is 10.6 Å². The molecular formula is C18H25FN2O3. The lowest BCUT2D eigenvalue weighted by Crippen LogP contribution is -2.42. The Morgan fingerprint density at radius 2 is 1.88 bits per heavy atom. The standard InChI is InChI=1S/C18H25FN2O3/c1-18(2,3)16-13(8-9-24-16)10-20-15(22)11-21-17(23)12-4-6-14(19)7-5-12/h4-7,13,16H,8-11H2,1-3H3,(H,20,22)(H,21,23). The van der Waals surface area contributed by atoms with Gasteiger partial charge in [-0.15, -0.1) is 0 Å². The summed E-state index contributed by atoms with van der Waals surface area (Å²) >= 11 is 0. The minimum Gasteiger partial charge on any atom is -0.377 e. The monoisotopic (exact) mass is 336 g/mol. The Kier molecular flexibility index (Phi) is 5.94. The summed E-state index contributed by atoms with van der Waals surface area (Å²) in [6, 6.07) is 5.18. The maximum absolute atomic E-state index is 12.8. The van der Waals surface area contributed by atoms with E-state index in [0.29, 0.717) is 18.7 Å². The lowest BCUT2D eigenvalue weighted by molar-refractivity contribution is -0.120. The molecule has 1 fully saturated rings. The molecule has 0 spiro atoms. The molecule has 5 nitrogen and oxygen atoms in total. The number of carbonyl (C=O) groups is 2. The Labute approximate surface area is 142 Å². The van der Waals surface area contributed by atoms with E-state index in [4.69, 9.17) is 4.74 Å². The molecule has 0 aliphatic carbocycles. The van der Waals surface area contributed by atoms with Crippen LogP contribution in [0.5, 0.6) is 0 Å². The van der Waals surface area contributed by atoms with E-state index < -0.39 is 11.7 Å². The summed E-state index contributed by atoms with van der Waals surface area (Å²) in [5.41, 5.74) is 0.351. The van der Waals surface area contributed by atoms with Gasteiger partial charge in [0.15, 0.2) is 0 Å². The van der Waals surface area contributed by atoms with Crippen LogP contribution in [-0.2, 0) is 9.53 Å². The van der Waals surface area contributed by atoms with E-state index in [9.17, 15) is 14.0 Å². The van der Waals surface area contributed by atoms with Crippen molar-refractivity contribution in [2.45, 2.75) is 33.3 Å². The first-order valence-corrected chi connectivity index (χ1v) is 8.19. The van der Waals surface area contributed by atoms with Gasteiger partial charge >= 0.3 is 0 Å². The molecule has 24 heavy (non-hydrogen) atoms. The van der Waals surface area contributed by atoms with Gasteiger partial charge in [0.05, 0.1) is 12.6 Å². The molecule has 6 heteroatoms. The summed E-state index contributed by atoms with van der Waals surface area (Å²) in [7, 11) is 0. The highest BCUT2D eigenvalue weighted by Gasteiger charge is 2.37. The summed E-state index contributed by atoms with van der Waals surface area (Å²) < 4.78 is 18.6. The second-order valence-corrected chi connectivity index (χ2v) is 7.20. The average Bonchev–Trinajstić information content (AvgIpc) is 3.00. The van der Waals surface area contributed by atoms with Crippen LogP contribution in [0.1, 0.15) is 37.6 Å². The van der Waals surface area contributed by atoms with Crippen molar-refractivity contribution in [2.24, 2.45) is 11.3 Å². The van der Waals surface area contributed by atoms with Crippen molar-refractivity contribution in [3.63, 3.8) is 0 Å². The molecule has 1 aliphatic heterocycles. The van der Waals surface area contributed by atoms with Crippen LogP contribution in [0.25, 0.3) is 0 Å². The van der Waals surface area contributed by atoms with Gasteiger partial charge in [0.2, 0.25) is 5.91 Å². The third-order valence-electron chi connectivity index (χ3n) is 4.15. The zero-order chi connectivity index (χ0) is 17.7. The Hall–Kier alpha value is -1.95. The highest BCUT2D eigenvalue weighted by molar-refractivity contribution is 5.96. The van der Waals surface area contributed by atoms with Crippen LogP contribution in [0.15, 0.2) is 24.3 Å². The van der Waals surface area contributed by atoms with E-state index in [1.807, 2.05) is 0 Å². The number of ether oxygens (including phenoxy) is 1. The molecular weight excluding hydrogens is 311 g/mol. The molecule has 0 radical (unpaired) electrons. The molecule has 2 amide bonds. The molecule has 0 saturated carbocycles. The zero-order valence-electron chi connectivity index (χ0n) is 14.4. The number of nitrogens with one attached hydrogen (secondary N) is 2. The molecule has 0 bridgehead atoms. The first-order chi connectivity index (χ1) is 11.3. The van der Waals surface area contributed by atoms with Gasteiger partial charge in [-0.25, -0.2) is 4.39 Å². The van der Waals surface area contributed by atoms with Gasteiger partial charge < -0.3 is 15.4 Å². The molecule has 132 valence electrons. The zero-order valence-corrected chi connectivity index (χ0v) is 14.4. The number of rotatable bonds is 5. The number of benzene rings is 1. The predicted molar refractivity (Wildman–Crippen MR) is 89.0 cm³/mol. The normalized spacial score (nSPS) is 20.7. The fraction of sp³-hybridized carbons (Fsp3) is 0.556. The first kappa shape index (κ1) is 18.4. The van der Waals surface area contributed by atoms with Gasteiger partial charge in [-0.2, -0.15) is 0 Å². The fourth-order valence-electron chi connectivity index (χ4n) is 2.97. The third kappa shape index (κ3) is 5.03. The molecule has 2 unspecified atom stereocenters. The smallest absolute Gasteiger partial charge is 0.251 e. The van der Waals surface area contributed by atoms with Gasteiger partial charge in [-0.1, -0.05) is 20.8 Å². The van der Waals surface area contributed by atoms with Gasteiger partial charge in [0, 0.05) is 24.6 Å². The van der Waals surface area contributed by atoms with Crippen molar-refractivity contribution in [1.82, 2.24) is 10.6 Å². The Bertz CT molecular complexity index is 581. The minimum atomic E-state index is -0.406. The molecule has 2 rings (SSSR count). The maximum Gasteiger partial charge on any atom is 0.251 e. The number of hydrogen-bond donors (Lipinski definition) is 2. The van der Waals surface area contributed by atoms with E-state index >= 15 is 0 Å². The molecule has 2 atom stereocenters. The summed E-state index contributed by atoms with van der Waals surface area (Å²) in [5.74, 6) is -0.773. The van der Waals surface area contributed by atoms with Crippen LogP contribution in [0.3, 0.4) is 0 Å². The Morgan fingerprint density at radius 1 is 1.21 bits per heavy atom. The van der Waals surface area contributed by atoms with Crippen LogP contribution in [0.2, 0.25) is 0 Å². The van der Waals surface area contributed by atoms with Crippen LogP contribution in [0, 0.1) is 17.2 Å². The summed E-state index contributed by atoms with van der Waals surface area (Å²) in [6.07, 6.45) is 1.04. The Balaban J connectivity index is 1.75. The lowest BCUT2D eigenvalue weighted by Gasteiger charge is -2.31. The van der Waals surface area contributed by atoms with Crippen molar-refractivity contribution < 1.29 is 18.7 Å². The Morgan fingerprint density at radius 3 is 2.50 bits per heavy atom. The molecule has 2 N–H and O–H groups in total. The molecule has 1 aromatic rings. The van der Waals surface area contributed by atoms with E-state index in [-0.39, 0.29) is 29.9 Å². The van der Waals surface area contributed by atoms with E-state index in [2.05, 4.69) is 31.4 Å².